The highest BCUT2D eigenvalue weighted by Gasteiger charge is 2.18. The lowest BCUT2D eigenvalue weighted by Gasteiger charge is -2.06. The number of benzene rings is 2. The summed E-state index contributed by atoms with van der Waals surface area (Å²) in [5.41, 5.74) is 2.28. The molecular formula is C24H19N7O3. The van der Waals surface area contributed by atoms with Crippen LogP contribution >= 0.6 is 0 Å². The normalized spacial score (nSPS) is 11.8. The second kappa shape index (κ2) is 7.90. The maximum Gasteiger partial charge on any atom is 0.332 e. The van der Waals surface area contributed by atoms with E-state index in [4.69, 9.17) is 4.74 Å². The number of hydrogen-bond acceptors (Lipinski definition) is 6. The third kappa shape index (κ3) is 3.36. The summed E-state index contributed by atoms with van der Waals surface area (Å²) in [6.45, 7) is 0. The smallest absolute Gasteiger partial charge is 0.332 e. The number of imidazole rings is 2. The molecule has 0 amide bonds. The molecule has 0 aliphatic carbocycles. The van der Waals surface area contributed by atoms with Crippen molar-refractivity contribution in [1.82, 2.24) is 28.7 Å². The molecule has 0 fully saturated rings. The number of ether oxygens (including phenoxy) is 1. The van der Waals surface area contributed by atoms with Crippen LogP contribution in [0.15, 0.2) is 58.1 Å². The molecule has 34 heavy (non-hydrogen) atoms. The average molecular weight is 453 g/mol. The third-order valence-corrected chi connectivity index (χ3v) is 5.58. The van der Waals surface area contributed by atoms with Crippen molar-refractivity contribution < 1.29 is 4.74 Å². The minimum Gasteiger partial charge on any atom is -0.425 e. The van der Waals surface area contributed by atoms with E-state index in [-0.39, 0.29) is 17.2 Å². The molecule has 10 nitrogen and oxygen atoms in total. The zero-order valence-corrected chi connectivity index (χ0v) is 18.6. The zero-order chi connectivity index (χ0) is 24.0. The van der Waals surface area contributed by atoms with Crippen LogP contribution in [0.1, 0.15) is 11.4 Å². The van der Waals surface area contributed by atoms with Gasteiger partial charge < -0.3 is 9.72 Å². The molecule has 3 aromatic heterocycles. The molecule has 5 rings (SSSR count). The van der Waals surface area contributed by atoms with Gasteiger partial charge in [-0.25, -0.2) is 9.78 Å². The van der Waals surface area contributed by atoms with Crippen LogP contribution in [-0.2, 0) is 21.1 Å². The first-order valence-electron chi connectivity index (χ1n) is 10.3. The van der Waals surface area contributed by atoms with Gasteiger partial charge >= 0.3 is 11.7 Å². The lowest BCUT2D eigenvalue weighted by atomic mass is 10.1. The first-order valence-corrected chi connectivity index (χ1v) is 10.3. The van der Waals surface area contributed by atoms with Crippen molar-refractivity contribution in [2.45, 2.75) is 0 Å². The van der Waals surface area contributed by atoms with Crippen LogP contribution in [0.3, 0.4) is 0 Å². The van der Waals surface area contributed by atoms with Crippen molar-refractivity contribution >= 4 is 33.8 Å². The predicted molar refractivity (Wildman–Crippen MR) is 127 cm³/mol. The monoisotopic (exact) mass is 453 g/mol. The molecule has 2 aromatic carbocycles. The topological polar surface area (TPSA) is 124 Å². The molecule has 5 aromatic rings. The summed E-state index contributed by atoms with van der Waals surface area (Å²) in [5.74, 6) is 0.929. The standard InChI is InChI=1S/C24H19N7O3/c1-29-19-21(30(2)24(33)31(3)22(19)32)28-23(29)34-16-8-6-7-14(12-16)11-15(13-25)20-26-17-9-4-5-10-18(17)27-20/h4-12H,1-3H3,(H,26,27). The number of nitriles is 1. The number of nitrogens with one attached hydrogen (secondary N) is 1. The fourth-order valence-electron chi connectivity index (χ4n) is 3.76. The largest absolute Gasteiger partial charge is 0.425 e. The average Bonchev–Trinajstić information content (AvgIpc) is 3.41. The van der Waals surface area contributed by atoms with Gasteiger partial charge in [-0.15, -0.1) is 0 Å². The van der Waals surface area contributed by atoms with Crippen molar-refractivity contribution in [3.05, 3.63) is 80.8 Å². The van der Waals surface area contributed by atoms with Crippen LogP contribution < -0.4 is 16.0 Å². The molecule has 0 saturated heterocycles. The number of nitrogens with zero attached hydrogens (tertiary/aromatic N) is 6. The minimum absolute atomic E-state index is 0.159. The second-order valence-corrected chi connectivity index (χ2v) is 7.78. The quantitative estimate of drug-likeness (QED) is 0.417. The number of hydrogen-bond donors (Lipinski definition) is 1. The second-order valence-electron chi connectivity index (χ2n) is 7.78. The van der Waals surface area contributed by atoms with E-state index in [9.17, 15) is 14.9 Å². The molecule has 0 aliphatic heterocycles. The van der Waals surface area contributed by atoms with E-state index in [0.29, 0.717) is 17.1 Å². The maximum absolute atomic E-state index is 12.6. The Balaban J connectivity index is 1.52. The number of allylic oxidation sites excluding steroid dienone is 1. The molecule has 0 spiro atoms. The van der Waals surface area contributed by atoms with E-state index in [1.807, 2.05) is 30.3 Å². The first kappa shape index (κ1) is 21.0. The Bertz CT molecular complexity index is 1740. The fraction of sp³-hybridized carbons (Fsp3) is 0.125. The van der Waals surface area contributed by atoms with Gasteiger partial charge in [0.05, 0.1) is 16.6 Å². The first-order chi connectivity index (χ1) is 16.4. The van der Waals surface area contributed by atoms with Gasteiger partial charge in [-0.05, 0) is 35.9 Å². The van der Waals surface area contributed by atoms with Crippen LogP contribution in [0.25, 0.3) is 33.8 Å². The number of aromatic nitrogens is 6. The summed E-state index contributed by atoms with van der Waals surface area (Å²) in [6, 6.07) is 17.0. The molecule has 0 bridgehead atoms. The highest BCUT2D eigenvalue weighted by Crippen LogP contribution is 2.25. The van der Waals surface area contributed by atoms with Gasteiger partial charge in [-0.1, -0.05) is 24.3 Å². The molecule has 1 N–H and O–H groups in total. The minimum atomic E-state index is -0.469. The third-order valence-electron chi connectivity index (χ3n) is 5.58. The van der Waals surface area contributed by atoms with Crippen LogP contribution in [0, 0.1) is 11.3 Å². The summed E-state index contributed by atoms with van der Waals surface area (Å²) in [7, 11) is 4.62. The van der Waals surface area contributed by atoms with E-state index in [1.165, 1.54) is 16.2 Å². The Labute approximate surface area is 192 Å². The van der Waals surface area contributed by atoms with Gasteiger partial charge in [0.25, 0.3) is 5.56 Å². The molecule has 0 atom stereocenters. The summed E-state index contributed by atoms with van der Waals surface area (Å²) in [5, 5.41) is 9.70. The molecule has 0 saturated carbocycles. The van der Waals surface area contributed by atoms with Gasteiger partial charge in [0, 0.05) is 21.1 Å². The predicted octanol–water partition coefficient (Wildman–Crippen LogP) is 2.70. The molecule has 0 unspecified atom stereocenters. The molecule has 0 aliphatic rings. The lowest BCUT2D eigenvalue weighted by Crippen LogP contribution is -2.37. The Kier molecular flexibility index (Phi) is 4.87. The van der Waals surface area contributed by atoms with E-state index < -0.39 is 11.2 Å². The van der Waals surface area contributed by atoms with E-state index in [2.05, 4.69) is 21.0 Å². The van der Waals surface area contributed by atoms with E-state index in [0.717, 1.165) is 21.2 Å². The number of rotatable bonds is 4. The summed E-state index contributed by atoms with van der Waals surface area (Å²) < 4.78 is 9.78. The number of aryl methyl sites for hydroxylation is 2. The van der Waals surface area contributed by atoms with Crippen LogP contribution in [-0.4, -0.2) is 28.7 Å². The number of aromatic amines is 1. The Morgan fingerprint density at radius 2 is 1.82 bits per heavy atom. The SMILES string of the molecule is Cn1c(=O)c2c(nc(Oc3cccc(C=C(C#N)c4nc5ccccc5[nH]4)c3)n2C)n(C)c1=O. The Hall–Kier alpha value is -4.91. The Morgan fingerprint density at radius 1 is 1.03 bits per heavy atom. The van der Waals surface area contributed by atoms with Crippen molar-refractivity contribution in [1.29, 1.82) is 5.26 Å². The van der Waals surface area contributed by atoms with Gasteiger partial charge in [0.1, 0.15) is 17.6 Å². The lowest BCUT2D eigenvalue weighted by molar-refractivity contribution is 0.427. The zero-order valence-electron chi connectivity index (χ0n) is 18.6. The molecular weight excluding hydrogens is 434 g/mol. The molecule has 3 heterocycles. The van der Waals surface area contributed by atoms with Gasteiger partial charge in [-0.2, -0.15) is 10.2 Å². The highest BCUT2D eigenvalue weighted by atomic mass is 16.5. The van der Waals surface area contributed by atoms with Gasteiger partial charge in [-0.3, -0.25) is 18.5 Å². The fourth-order valence-corrected chi connectivity index (χ4v) is 3.76. The maximum atomic E-state index is 12.6. The highest BCUT2D eigenvalue weighted by molar-refractivity contribution is 5.90. The summed E-state index contributed by atoms with van der Waals surface area (Å²) >= 11 is 0. The number of para-hydroxylation sites is 2. The molecule has 168 valence electrons. The summed E-state index contributed by atoms with van der Waals surface area (Å²) in [6.07, 6.45) is 1.71. The van der Waals surface area contributed by atoms with Crippen LogP contribution in [0.2, 0.25) is 0 Å². The number of H-pyrrole nitrogens is 1. The van der Waals surface area contributed by atoms with Crippen LogP contribution in [0.4, 0.5) is 0 Å². The van der Waals surface area contributed by atoms with Crippen molar-refractivity contribution in [3.63, 3.8) is 0 Å². The van der Waals surface area contributed by atoms with Crippen molar-refractivity contribution in [2.24, 2.45) is 21.1 Å². The molecule has 0 radical (unpaired) electrons. The summed E-state index contributed by atoms with van der Waals surface area (Å²) in [4.78, 5) is 36.8. The van der Waals surface area contributed by atoms with Gasteiger partial charge in [0.2, 0.25) is 0 Å². The van der Waals surface area contributed by atoms with E-state index in [1.54, 1.807) is 38.4 Å². The van der Waals surface area contributed by atoms with Crippen molar-refractivity contribution in [3.8, 4) is 17.8 Å². The number of fused-ring (bicyclic) bond motifs is 2. The Morgan fingerprint density at radius 3 is 2.59 bits per heavy atom. The van der Waals surface area contributed by atoms with Gasteiger partial charge in [0.15, 0.2) is 11.2 Å². The van der Waals surface area contributed by atoms with Crippen molar-refractivity contribution in [2.75, 3.05) is 0 Å². The molecule has 10 heteroatoms. The van der Waals surface area contributed by atoms with E-state index >= 15 is 0 Å². The van der Waals surface area contributed by atoms with Crippen LogP contribution in [0.5, 0.6) is 11.8 Å².